The van der Waals surface area contributed by atoms with E-state index >= 15 is 0 Å². The van der Waals surface area contributed by atoms with E-state index in [0.717, 1.165) is 61.0 Å². The number of pyridine rings is 1. The van der Waals surface area contributed by atoms with E-state index in [1.807, 2.05) is 18.3 Å². The molecular weight excluding hydrogens is 818 g/mol. The van der Waals surface area contributed by atoms with E-state index in [-0.39, 0.29) is 43.6 Å². The molecule has 52 heavy (non-hydrogen) atoms. The van der Waals surface area contributed by atoms with Crippen molar-refractivity contribution in [1.82, 2.24) is 14.5 Å². The van der Waals surface area contributed by atoms with Crippen molar-refractivity contribution in [3.05, 3.63) is 131 Å². The van der Waals surface area contributed by atoms with Gasteiger partial charge in [-0.3, -0.25) is 9.55 Å². The van der Waals surface area contributed by atoms with Gasteiger partial charge in [-0.2, -0.15) is 0 Å². The first kappa shape index (κ1) is 37.2. The molecule has 0 radical (unpaired) electrons. The zero-order valence-electron chi connectivity index (χ0n) is 31.9. The van der Waals surface area contributed by atoms with Crippen LogP contribution in [0, 0.1) is 19.9 Å². The number of fused-ring (bicyclic) bond motifs is 2. The summed E-state index contributed by atoms with van der Waals surface area (Å²) in [5.74, 6) is 1.19. The summed E-state index contributed by atoms with van der Waals surface area (Å²) in [4.78, 5) is 10.3. The molecule has 0 aliphatic rings. The number of aryl methyl sites for hydroxylation is 2. The van der Waals surface area contributed by atoms with Crippen molar-refractivity contribution in [2.75, 3.05) is 0 Å². The maximum Gasteiger partial charge on any atom is 0.148 e. The van der Waals surface area contributed by atoms with Gasteiger partial charge in [0, 0.05) is 38.5 Å². The molecule has 4 nitrogen and oxygen atoms in total. The molecule has 0 fully saturated rings. The fourth-order valence-electron chi connectivity index (χ4n) is 7.01. The summed E-state index contributed by atoms with van der Waals surface area (Å²) >= 11 is 0. The van der Waals surface area contributed by atoms with Crippen LogP contribution in [-0.2, 0) is 31.9 Å². The molecule has 0 aliphatic carbocycles. The van der Waals surface area contributed by atoms with Crippen molar-refractivity contribution >= 4 is 21.9 Å². The first-order valence-electron chi connectivity index (χ1n) is 18.0. The van der Waals surface area contributed by atoms with E-state index in [9.17, 15) is 5.11 Å². The molecule has 7 aromatic rings. The summed E-state index contributed by atoms with van der Waals surface area (Å²) in [5.41, 5.74) is 14.5. The normalized spacial score (nSPS) is 12.1. The fourth-order valence-corrected chi connectivity index (χ4v) is 7.01. The van der Waals surface area contributed by atoms with Crippen LogP contribution in [0.5, 0.6) is 5.75 Å². The van der Waals surface area contributed by atoms with Gasteiger partial charge in [-0.1, -0.05) is 121 Å². The molecule has 0 bridgehead atoms. The van der Waals surface area contributed by atoms with E-state index in [4.69, 9.17) is 9.97 Å². The molecule has 0 atom stereocenters. The topological polar surface area (TPSA) is 50.9 Å². The summed E-state index contributed by atoms with van der Waals surface area (Å²) in [6.45, 7) is 22.0. The van der Waals surface area contributed by atoms with E-state index in [0.29, 0.717) is 11.4 Å². The molecule has 5 heteroatoms. The molecule has 0 spiro atoms. The number of aromatic nitrogens is 3. The number of rotatable bonds is 5. The average molecular weight is 866 g/mol. The average Bonchev–Trinajstić information content (AvgIpc) is 3.46. The van der Waals surface area contributed by atoms with E-state index < -0.39 is 0 Å². The van der Waals surface area contributed by atoms with E-state index in [2.05, 4.69) is 159 Å². The number of benzene rings is 5. The molecule has 5 aromatic carbocycles. The van der Waals surface area contributed by atoms with E-state index in [1.165, 1.54) is 16.7 Å². The van der Waals surface area contributed by atoms with Gasteiger partial charge in [-0.15, -0.1) is 34.9 Å². The van der Waals surface area contributed by atoms with Crippen LogP contribution in [0.15, 0.2) is 97.2 Å². The second-order valence-corrected chi connectivity index (χ2v) is 16.5. The maximum absolute atomic E-state index is 11.5. The molecule has 2 aromatic heterocycles. The summed E-state index contributed by atoms with van der Waals surface area (Å²) in [5, 5.41) is 12.6. The van der Waals surface area contributed by atoms with Crippen LogP contribution in [0.3, 0.4) is 0 Å². The quantitative estimate of drug-likeness (QED) is 0.175. The number of nitrogens with zero attached hydrogens (tertiary/aromatic N) is 3. The zero-order chi connectivity index (χ0) is 36.4. The predicted octanol–water partition coefficient (Wildman–Crippen LogP) is 12.4. The van der Waals surface area contributed by atoms with Gasteiger partial charge < -0.3 is 5.11 Å². The number of phenols is 1. The van der Waals surface area contributed by atoms with Crippen molar-refractivity contribution in [2.24, 2.45) is 0 Å². The number of aromatic hydroxyl groups is 1. The molecule has 2 heterocycles. The smallest absolute Gasteiger partial charge is 0.148 e. The Balaban J connectivity index is 0.00000464. The van der Waals surface area contributed by atoms with Gasteiger partial charge in [0.25, 0.3) is 0 Å². The first-order valence-corrected chi connectivity index (χ1v) is 18.0. The number of imidazole rings is 1. The first-order chi connectivity index (χ1) is 24.1. The Hall–Kier alpha value is -4.53. The molecule has 0 aliphatic heterocycles. The minimum Gasteiger partial charge on any atom is -0.507 e. The second kappa shape index (κ2) is 13.8. The van der Waals surface area contributed by atoms with Gasteiger partial charge in [0.05, 0.1) is 16.6 Å². The Kier molecular flexibility index (Phi) is 9.87. The molecule has 0 saturated carbocycles. The monoisotopic (exact) mass is 865 g/mol. The Morgan fingerprint density at radius 1 is 0.692 bits per heavy atom. The van der Waals surface area contributed by atoms with Crippen LogP contribution < -0.4 is 0 Å². The number of para-hydroxylation sites is 1. The van der Waals surface area contributed by atoms with Crippen LogP contribution in [-0.4, -0.2) is 19.6 Å². The summed E-state index contributed by atoms with van der Waals surface area (Å²) in [6, 6.07) is 36.0. The fraction of sp³-hybridized carbons (Fsp3) is 0.277. The van der Waals surface area contributed by atoms with Crippen molar-refractivity contribution < 1.29 is 26.2 Å². The molecule has 0 unspecified atom stereocenters. The maximum atomic E-state index is 11.5. The Morgan fingerprint density at radius 2 is 1.35 bits per heavy atom. The Morgan fingerprint density at radius 3 is 2.00 bits per heavy atom. The van der Waals surface area contributed by atoms with Crippen LogP contribution >= 0.6 is 0 Å². The number of hydrogen-bond donors (Lipinski definition) is 1. The number of phenolic OH excluding ortho intramolecular Hbond substituents is 1. The molecule has 7 rings (SSSR count). The van der Waals surface area contributed by atoms with Crippen LogP contribution in [0.4, 0.5) is 0 Å². The SMILES string of the molecule is Cc1cc(-c2cccc3c(C)ccnc23)[c-]c(-c2cc(C(C)C)cc3c2nc(-c2cc(C(C)(C)C)ccc2O)n3-c2ccc(C(C)(C)C)cc2)c1.[Pt]. The molecule has 0 saturated heterocycles. The minimum absolute atomic E-state index is 0. The van der Waals surface area contributed by atoms with Crippen LogP contribution in [0.1, 0.15) is 89.1 Å². The third-order valence-electron chi connectivity index (χ3n) is 10.1. The minimum atomic E-state index is -0.106. The van der Waals surface area contributed by atoms with Gasteiger partial charge in [0.2, 0.25) is 0 Å². The Labute approximate surface area is 323 Å². The molecular formula is C47H48N3OPt-. The molecule has 1 N–H and O–H groups in total. The summed E-state index contributed by atoms with van der Waals surface area (Å²) in [7, 11) is 0. The third-order valence-corrected chi connectivity index (χ3v) is 10.1. The van der Waals surface area contributed by atoms with Gasteiger partial charge in [-0.05, 0) is 82.1 Å². The third kappa shape index (κ3) is 6.86. The number of hydrogen-bond acceptors (Lipinski definition) is 3. The van der Waals surface area contributed by atoms with Crippen LogP contribution in [0.25, 0.3) is 61.3 Å². The summed E-state index contributed by atoms with van der Waals surface area (Å²) in [6.07, 6.45) is 1.89. The van der Waals surface area contributed by atoms with Crippen molar-refractivity contribution in [2.45, 2.75) is 86.0 Å². The molecule has 0 amide bonds. The van der Waals surface area contributed by atoms with Crippen LogP contribution in [0.2, 0.25) is 0 Å². The van der Waals surface area contributed by atoms with Crippen molar-refractivity contribution in [1.29, 1.82) is 0 Å². The Bertz CT molecular complexity index is 2440. The van der Waals surface area contributed by atoms with Crippen molar-refractivity contribution in [3.8, 4) is 45.1 Å². The largest absolute Gasteiger partial charge is 0.507 e. The molecule has 268 valence electrons. The predicted molar refractivity (Wildman–Crippen MR) is 214 cm³/mol. The van der Waals surface area contributed by atoms with Gasteiger partial charge in [0.15, 0.2) is 0 Å². The zero-order valence-corrected chi connectivity index (χ0v) is 34.2. The van der Waals surface area contributed by atoms with Gasteiger partial charge in [0.1, 0.15) is 11.6 Å². The van der Waals surface area contributed by atoms with E-state index in [1.54, 1.807) is 0 Å². The standard InChI is InChI=1S/C47H48N3O.Pt/c1-28(2)31-25-39(33-23-29(3)22-32(24-33)38-13-11-12-37-30(4)20-21-48-43(37)38)44-41(26-31)50(36-17-14-34(15-18-36)46(5,6)7)45(49-44)40-27-35(47(8,9)10)16-19-42(40)51;/h11-23,25-28,51H,1-10H3;/q-1;. The second-order valence-electron chi connectivity index (χ2n) is 16.5. The summed E-state index contributed by atoms with van der Waals surface area (Å²) < 4.78 is 2.23. The van der Waals surface area contributed by atoms with Gasteiger partial charge >= 0.3 is 0 Å². The van der Waals surface area contributed by atoms with Gasteiger partial charge in [-0.25, -0.2) is 4.98 Å². The van der Waals surface area contributed by atoms with Crippen molar-refractivity contribution in [3.63, 3.8) is 0 Å².